The van der Waals surface area contributed by atoms with Gasteiger partial charge in [0.15, 0.2) is 0 Å². The van der Waals surface area contributed by atoms with Crippen molar-refractivity contribution in [3.63, 3.8) is 0 Å². The lowest BCUT2D eigenvalue weighted by Gasteiger charge is -2.22. The van der Waals surface area contributed by atoms with Crippen molar-refractivity contribution < 1.29 is 14.3 Å². The first-order valence-corrected chi connectivity index (χ1v) is 7.95. The molecule has 7 nitrogen and oxygen atoms in total. The fraction of sp³-hybridized carbons (Fsp3) is 0.529. The normalized spacial score (nSPS) is 11.0. The zero-order valence-electron chi connectivity index (χ0n) is 15.1. The first-order valence-electron chi connectivity index (χ1n) is 7.95. The second-order valence-electron chi connectivity index (χ2n) is 5.73. The molecule has 24 heavy (non-hydrogen) atoms. The lowest BCUT2D eigenvalue weighted by Crippen LogP contribution is -2.37. The lowest BCUT2D eigenvalue weighted by molar-refractivity contribution is 0.0627. The van der Waals surface area contributed by atoms with Crippen molar-refractivity contribution in [2.75, 3.05) is 40.5 Å². The molecule has 0 radical (unpaired) electrons. The van der Waals surface area contributed by atoms with Crippen molar-refractivity contribution in [2.24, 2.45) is 7.05 Å². The zero-order chi connectivity index (χ0) is 17.7. The summed E-state index contributed by atoms with van der Waals surface area (Å²) in [4.78, 5) is 14.8. The van der Waals surface area contributed by atoms with Crippen LogP contribution in [0.5, 0.6) is 0 Å². The molecule has 0 spiro atoms. The molecule has 0 bridgehead atoms. The minimum atomic E-state index is -0.0697. The summed E-state index contributed by atoms with van der Waals surface area (Å²) in [6, 6.07) is 4.06. The second-order valence-corrected chi connectivity index (χ2v) is 5.73. The molecule has 132 valence electrons. The van der Waals surface area contributed by atoms with E-state index < -0.39 is 0 Å². The van der Waals surface area contributed by atoms with Crippen molar-refractivity contribution in [3.05, 3.63) is 35.3 Å². The Morgan fingerprint density at radius 3 is 2.17 bits per heavy atom. The van der Waals surface area contributed by atoms with Gasteiger partial charge in [-0.2, -0.15) is 5.10 Å². The predicted molar refractivity (Wildman–Crippen MR) is 91.7 cm³/mol. The van der Waals surface area contributed by atoms with Gasteiger partial charge in [0.25, 0.3) is 5.91 Å². The molecule has 0 atom stereocenters. The number of rotatable bonds is 8. The molecule has 0 aliphatic rings. The van der Waals surface area contributed by atoms with Gasteiger partial charge in [-0.25, -0.2) is 0 Å². The highest BCUT2D eigenvalue weighted by Crippen LogP contribution is 2.21. The molecule has 0 fully saturated rings. The van der Waals surface area contributed by atoms with Crippen LogP contribution in [0.3, 0.4) is 0 Å². The molecule has 0 aliphatic heterocycles. The number of hydrogen-bond donors (Lipinski definition) is 0. The van der Waals surface area contributed by atoms with E-state index in [4.69, 9.17) is 9.47 Å². The minimum Gasteiger partial charge on any atom is -0.383 e. The number of carbonyl (C=O) groups excluding carboxylic acids is 1. The minimum absolute atomic E-state index is 0.0697. The average Bonchev–Trinajstić information content (AvgIpc) is 3.09. The molecule has 0 aromatic carbocycles. The van der Waals surface area contributed by atoms with Gasteiger partial charge in [-0.3, -0.25) is 9.48 Å². The smallest absolute Gasteiger partial charge is 0.259 e. The van der Waals surface area contributed by atoms with Gasteiger partial charge in [-0.05, 0) is 26.0 Å². The second kappa shape index (κ2) is 8.12. The van der Waals surface area contributed by atoms with Crippen LogP contribution in [-0.4, -0.2) is 65.7 Å². The van der Waals surface area contributed by atoms with Crippen LogP contribution in [0, 0.1) is 13.8 Å². The summed E-state index contributed by atoms with van der Waals surface area (Å²) < 4.78 is 14.0. The van der Waals surface area contributed by atoms with Crippen LogP contribution in [0.1, 0.15) is 21.7 Å². The molecule has 2 aromatic rings. The molecular formula is C17H26N4O3. The maximum atomic E-state index is 13.1. The van der Waals surface area contributed by atoms with Gasteiger partial charge >= 0.3 is 0 Å². The highest BCUT2D eigenvalue weighted by molar-refractivity contribution is 5.97. The molecule has 1 amide bonds. The topological polar surface area (TPSA) is 61.5 Å². The third-order valence-corrected chi connectivity index (χ3v) is 4.04. The number of aromatic nitrogens is 3. The van der Waals surface area contributed by atoms with Crippen molar-refractivity contribution in [1.29, 1.82) is 0 Å². The molecule has 2 heterocycles. The zero-order valence-corrected chi connectivity index (χ0v) is 15.1. The molecule has 0 N–H and O–H groups in total. The first-order chi connectivity index (χ1) is 11.5. The summed E-state index contributed by atoms with van der Waals surface area (Å²) in [5, 5.41) is 4.30. The van der Waals surface area contributed by atoms with E-state index in [0.717, 1.165) is 17.2 Å². The molecule has 2 aromatic heterocycles. The number of nitrogens with zero attached hydrogens (tertiary/aromatic N) is 4. The highest BCUT2D eigenvalue weighted by Gasteiger charge is 2.24. The quantitative estimate of drug-likeness (QED) is 0.735. The van der Waals surface area contributed by atoms with Crippen LogP contribution in [0.4, 0.5) is 0 Å². The SMILES string of the molecule is COCCN(CCOC)C(=O)c1cnn(C)c1-n1c(C)ccc1C. The Bertz CT molecular complexity index is 663. The van der Waals surface area contributed by atoms with Gasteiger partial charge in [0.2, 0.25) is 0 Å². The van der Waals surface area contributed by atoms with E-state index in [1.54, 1.807) is 30.0 Å². The summed E-state index contributed by atoms with van der Waals surface area (Å²) in [6.45, 7) is 6.01. The van der Waals surface area contributed by atoms with Gasteiger partial charge in [-0.1, -0.05) is 0 Å². The highest BCUT2D eigenvalue weighted by atomic mass is 16.5. The van der Waals surface area contributed by atoms with Gasteiger partial charge in [-0.15, -0.1) is 0 Å². The number of aryl methyl sites for hydroxylation is 3. The van der Waals surface area contributed by atoms with E-state index >= 15 is 0 Å². The van der Waals surface area contributed by atoms with Gasteiger partial charge in [0.1, 0.15) is 11.4 Å². The fourth-order valence-corrected chi connectivity index (χ4v) is 2.74. The number of ether oxygens (including phenoxy) is 2. The third-order valence-electron chi connectivity index (χ3n) is 4.04. The van der Waals surface area contributed by atoms with E-state index in [9.17, 15) is 4.79 Å². The largest absolute Gasteiger partial charge is 0.383 e. The first kappa shape index (κ1) is 18.2. The van der Waals surface area contributed by atoms with Gasteiger partial charge < -0.3 is 18.9 Å². The summed E-state index contributed by atoms with van der Waals surface area (Å²) in [6.07, 6.45) is 1.63. The molecule has 7 heteroatoms. The Labute approximate surface area is 142 Å². The van der Waals surface area contributed by atoms with E-state index in [2.05, 4.69) is 5.10 Å². The van der Waals surface area contributed by atoms with E-state index in [1.807, 2.05) is 37.6 Å². The standard InChI is InChI=1S/C17H26N4O3/c1-13-6-7-14(2)21(13)16-15(12-18-19(16)3)17(22)20(8-10-23-4)9-11-24-5/h6-7,12H,8-11H2,1-5H3. The molecule has 2 rings (SSSR count). The Kier molecular flexibility index (Phi) is 6.16. The Morgan fingerprint density at radius 1 is 1.12 bits per heavy atom. The molecule has 0 unspecified atom stereocenters. The Morgan fingerprint density at radius 2 is 1.67 bits per heavy atom. The lowest BCUT2D eigenvalue weighted by atomic mass is 10.2. The predicted octanol–water partition coefficient (Wildman–Crippen LogP) is 1.56. The number of methoxy groups -OCH3 is 2. The summed E-state index contributed by atoms with van der Waals surface area (Å²) in [7, 11) is 5.10. The van der Waals surface area contributed by atoms with Crippen molar-refractivity contribution in [1.82, 2.24) is 19.2 Å². The Balaban J connectivity index is 2.39. The molecular weight excluding hydrogens is 308 g/mol. The van der Waals surface area contributed by atoms with Crippen molar-refractivity contribution >= 4 is 5.91 Å². The van der Waals surface area contributed by atoms with E-state index in [0.29, 0.717) is 31.9 Å². The van der Waals surface area contributed by atoms with Crippen LogP contribution in [-0.2, 0) is 16.5 Å². The maximum Gasteiger partial charge on any atom is 0.259 e. The van der Waals surface area contributed by atoms with Gasteiger partial charge in [0, 0.05) is 45.7 Å². The number of carbonyl (C=O) groups is 1. The monoisotopic (exact) mass is 334 g/mol. The number of amides is 1. The van der Waals surface area contributed by atoms with Crippen LogP contribution >= 0.6 is 0 Å². The van der Waals surface area contributed by atoms with Crippen molar-refractivity contribution in [2.45, 2.75) is 13.8 Å². The summed E-state index contributed by atoms with van der Waals surface area (Å²) in [5.74, 6) is 0.708. The van der Waals surface area contributed by atoms with Crippen LogP contribution in [0.25, 0.3) is 5.82 Å². The molecule has 0 aliphatic carbocycles. The van der Waals surface area contributed by atoms with Crippen molar-refractivity contribution in [3.8, 4) is 5.82 Å². The van der Waals surface area contributed by atoms with Crippen LogP contribution in [0.15, 0.2) is 18.3 Å². The molecule has 0 saturated heterocycles. The Hall–Kier alpha value is -2.12. The van der Waals surface area contributed by atoms with Crippen LogP contribution < -0.4 is 0 Å². The van der Waals surface area contributed by atoms with Gasteiger partial charge in [0.05, 0.1) is 19.4 Å². The van der Waals surface area contributed by atoms with E-state index in [-0.39, 0.29) is 5.91 Å². The third kappa shape index (κ3) is 3.68. The summed E-state index contributed by atoms with van der Waals surface area (Å²) in [5.41, 5.74) is 2.70. The maximum absolute atomic E-state index is 13.1. The number of hydrogen-bond acceptors (Lipinski definition) is 4. The average molecular weight is 334 g/mol. The van der Waals surface area contributed by atoms with Crippen LogP contribution in [0.2, 0.25) is 0 Å². The summed E-state index contributed by atoms with van der Waals surface area (Å²) >= 11 is 0. The fourth-order valence-electron chi connectivity index (χ4n) is 2.74. The molecule has 0 saturated carbocycles. The van der Waals surface area contributed by atoms with E-state index in [1.165, 1.54) is 0 Å².